The maximum absolute atomic E-state index is 11.6. The normalized spacial score (nSPS) is 14.3. The molecular weight excluding hydrogens is 374 g/mol. The lowest BCUT2D eigenvalue weighted by atomic mass is 9.74. The highest BCUT2D eigenvalue weighted by Crippen LogP contribution is 2.36. The number of benzene rings is 2. The second kappa shape index (κ2) is 9.03. The summed E-state index contributed by atoms with van der Waals surface area (Å²) >= 11 is 7.05. The quantitative estimate of drug-likeness (QED) is 0.787. The second-order valence-electron chi connectivity index (χ2n) is 6.39. The second-order valence-corrected chi connectivity index (χ2v) is 8.11. The van der Waals surface area contributed by atoms with Gasteiger partial charge in [-0.3, -0.25) is 4.79 Å². The maximum atomic E-state index is 11.6. The Morgan fingerprint density at radius 1 is 1.15 bits per heavy atom. The molecule has 0 unspecified atom stereocenters. The molecule has 1 aliphatic heterocycles. The summed E-state index contributed by atoms with van der Waals surface area (Å²) in [4.78, 5) is 13.5. The number of piperazine rings is 1. The third-order valence-electron chi connectivity index (χ3n) is 4.72. The fourth-order valence-corrected chi connectivity index (χ4v) is 4.59. The monoisotopic (exact) mass is 395 g/mol. The van der Waals surface area contributed by atoms with Gasteiger partial charge in [0.1, 0.15) is 9.74 Å². The molecule has 0 aromatic heterocycles. The molecule has 1 aliphatic rings. The molecule has 4 nitrogen and oxygen atoms in total. The molecule has 0 atom stereocenters. The zero-order chi connectivity index (χ0) is 19.1. The summed E-state index contributed by atoms with van der Waals surface area (Å²) in [7, 11) is 0. The Morgan fingerprint density at radius 2 is 1.74 bits per heavy atom. The number of rotatable bonds is 5. The molecule has 1 fully saturated rings. The molecule has 6 heteroatoms. The van der Waals surface area contributed by atoms with E-state index in [9.17, 15) is 10.1 Å². The van der Waals surface area contributed by atoms with E-state index in [1.807, 2.05) is 65.6 Å². The standard InChI is InChI=1S/C21H21N3OS2/c22-16-21(17-7-3-1-4-8-17,18-9-5-2-6-10-18)11-14-27-20(26)24-13-12-23-19(25)15-24/h1-10H,11-15H2,(H,23,25). The Balaban J connectivity index is 1.76. The van der Waals surface area contributed by atoms with Crippen LogP contribution in [0.15, 0.2) is 60.7 Å². The molecule has 0 radical (unpaired) electrons. The van der Waals surface area contributed by atoms with E-state index in [1.54, 1.807) is 11.8 Å². The third kappa shape index (κ3) is 4.49. The molecule has 1 amide bonds. The van der Waals surface area contributed by atoms with E-state index in [1.165, 1.54) is 0 Å². The number of thioether (sulfide) groups is 1. The van der Waals surface area contributed by atoms with Crippen LogP contribution in [0.3, 0.4) is 0 Å². The number of hydrogen-bond donors (Lipinski definition) is 1. The van der Waals surface area contributed by atoms with Crippen molar-refractivity contribution in [2.75, 3.05) is 25.4 Å². The Bertz CT molecular complexity index is 794. The van der Waals surface area contributed by atoms with Crippen LogP contribution in [0.25, 0.3) is 0 Å². The van der Waals surface area contributed by atoms with Crippen LogP contribution in [-0.4, -0.2) is 40.5 Å². The third-order valence-corrected chi connectivity index (χ3v) is 6.25. The lowest BCUT2D eigenvalue weighted by Gasteiger charge is -2.30. The molecule has 1 N–H and O–H groups in total. The summed E-state index contributed by atoms with van der Waals surface area (Å²) in [6, 6.07) is 22.4. The van der Waals surface area contributed by atoms with E-state index in [0.29, 0.717) is 25.3 Å². The van der Waals surface area contributed by atoms with Crippen molar-refractivity contribution in [3.8, 4) is 6.07 Å². The lowest BCUT2D eigenvalue weighted by Crippen LogP contribution is -2.48. The van der Waals surface area contributed by atoms with Gasteiger partial charge in [-0.15, -0.1) is 0 Å². The largest absolute Gasteiger partial charge is 0.353 e. The number of nitrogens with one attached hydrogen (secondary N) is 1. The van der Waals surface area contributed by atoms with Gasteiger partial charge in [0.2, 0.25) is 5.91 Å². The van der Waals surface area contributed by atoms with Crippen LogP contribution >= 0.6 is 24.0 Å². The van der Waals surface area contributed by atoms with Crippen LogP contribution < -0.4 is 5.32 Å². The van der Waals surface area contributed by atoms with Crippen LogP contribution in [-0.2, 0) is 10.2 Å². The van der Waals surface area contributed by atoms with Crippen LogP contribution in [0.2, 0.25) is 0 Å². The molecule has 2 aromatic carbocycles. The zero-order valence-electron chi connectivity index (χ0n) is 14.9. The number of nitrogens with zero attached hydrogens (tertiary/aromatic N) is 2. The fourth-order valence-electron chi connectivity index (χ4n) is 3.26. The van der Waals surface area contributed by atoms with Gasteiger partial charge in [-0.25, -0.2) is 0 Å². The number of hydrogen-bond acceptors (Lipinski definition) is 4. The molecule has 0 aliphatic carbocycles. The zero-order valence-corrected chi connectivity index (χ0v) is 16.6. The Hall–Kier alpha value is -2.36. The predicted octanol–water partition coefficient (Wildman–Crippen LogP) is 3.34. The molecule has 2 aromatic rings. The lowest BCUT2D eigenvalue weighted by molar-refractivity contribution is -0.122. The number of carbonyl (C=O) groups is 1. The highest BCUT2D eigenvalue weighted by molar-refractivity contribution is 8.22. The Labute approximate surface area is 169 Å². The van der Waals surface area contributed by atoms with Crippen molar-refractivity contribution in [3.05, 3.63) is 71.8 Å². The van der Waals surface area contributed by atoms with Crippen LogP contribution in [0, 0.1) is 11.3 Å². The first kappa shape index (κ1) is 19.4. The first-order chi connectivity index (χ1) is 13.2. The summed E-state index contributed by atoms with van der Waals surface area (Å²) in [6.45, 7) is 1.67. The molecule has 0 spiro atoms. The van der Waals surface area contributed by atoms with E-state index in [4.69, 9.17) is 12.2 Å². The topological polar surface area (TPSA) is 56.1 Å². The molecule has 0 bridgehead atoms. The number of thiocarbonyl (C=S) groups is 1. The highest BCUT2D eigenvalue weighted by Gasteiger charge is 2.34. The Kier molecular flexibility index (Phi) is 6.49. The summed E-state index contributed by atoms with van der Waals surface area (Å²) < 4.78 is 0.720. The first-order valence-corrected chi connectivity index (χ1v) is 10.3. The van der Waals surface area contributed by atoms with Gasteiger partial charge in [-0.2, -0.15) is 5.26 Å². The van der Waals surface area contributed by atoms with Gasteiger partial charge in [0.25, 0.3) is 0 Å². The molecule has 0 saturated carbocycles. The molecule has 1 heterocycles. The molecule has 3 rings (SSSR count). The minimum absolute atomic E-state index is 0.00384. The van der Waals surface area contributed by atoms with Gasteiger partial charge in [0, 0.05) is 18.8 Å². The number of nitriles is 1. The first-order valence-electron chi connectivity index (χ1n) is 8.86. The summed E-state index contributed by atoms with van der Waals surface area (Å²) in [6.07, 6.45) is 0.641. The van der Waals surface area contributed by atoms with Crippen LogP contribution in [0.4, 0.5) is 0 Å². The van der Waals surface area contributed by atoms with E-state index < -0.39 is 5.41 Å². The van der Waals surface area contributed by atoms with Gasteiger partial charge in [0.05, 0.1) is 12.6 Å². The minimum Gasteiger partial charge on any atom is -0.353 e. The van der Waals surface area contributed by atoms with Crippen LogP contribution in [0.1, 0.15) is 17.5 Å². The van der Waals surface area contributed by atoms with Crippen molar-refractivity contribution in [1.29, 1.82) is 5.26 Å². The van der Waals surface area contributed by atoms with Crippen LogP contribution in [0.5, 0.6) is 0 Å². The SMILES string of the molecule is N#CC(CCSC(=S)N1CCNC(=O)C1)(c1ccccc1)c1ccccc1. The van der Waals surface area contributed by atoms with Gasteiger partial charge in [-0.05, 0) is 17.5 Å². The fraction of sp³-hybridized carbons (Fsp3) is 0.286. The number of amides is 1. The van der Waals surface area contributed by atoms with Crippen molar-refractivity contribution < 1.29 is 4.79 Å². The number of carbonyl (C=O) groups excluding carboxylic acids is 1. The van der Waals surface area contributed by atoms with Gasteiger partial charge >= 0.3 is 0 Å². The van der Waals surface area contributed by atoms with Gasteiger partial charge in [0.15, 0.2) is 0 Å². The smallest absolute Gasteiger partial charge is 0.239 e. The van der Waals surface area contributed by atoms with E-state index >= 15 is 0 Å². The summed E-state index contributed by atoms with van der Waals surface area (Å²) in [5, 5.41) is 13.0. The van der Waals surface area contributed by atoms with E-state index in [-0.39, 0.29) is 5.91 Å². The summed E-state index contributed by atoms with van der Waals surface area (Å²) in [5.41, 5.74) is 1.26. The summed E-state index contributed by atoms with van der Waals surface area (Å²) in [5.74, 6) is 0.707. The van der Waals surface area contributed by atoms with Crippen molar-refractivity contribution in [2.45, 2.75) is 11.8 Å². The molecule has 27 heavy (non-hydrogen) atoms. The maximum Gasteiger partial charge on any atom is 0.239 e. The average Bonchev–Trinajstić information content (AvgIpc) is 2.72. The molecular formula is C21H21N3OS2. The van der Waals surface area contributed by atoms with E-state index in [0.717, 1.165) is 22.0 Å². The average molecular weight is 396 g/mol. The minimum atomic E-state index is -0.718. The Morgan fingerprint density at radius 3 is 2.26 bits per heavy atom. The van der Waals surface area contributed by atoms with Crippen molar-refractivity contribution in [1.82, 2.24) is 10.2 Å². The van der Waals surface area contributed by atoms with E-state index in [2.05, 4.69) is 11.4 Å². The molecule has 1 saturated heterocycles. The molecule has 138 valence electrons. The van der Waals surface area contributed by atoms with Gasteiger partial charge in [-0.1, -0.05) is 84.6 Å². The predicted molar refractivity (Wildman–Crippen MR) is 114 cm³/mol. The van der Waals surface area contributed by atoms with Gasteiger partial charge < -0.3 is 10.2 Å². The van der Waals surface area contributed by atoms with Crippen molar-refractivity contribution in [3.63, 3.8) is 0 Å². The van der Waals surface area contributed by atoms with Crippen molar-refractivity contribution >= 4 is 34.2 Å². The van der Waals surface area contributed by atoms with Crippen molar-refractivity contribution in [2.24, 2.45) is 0 Å². The highest BCUT2D eigenvalue weighted by atomic mass is 32.2.